The Morgan fingerprint density at radius 2 is 2.04 bits per heavy atom. The maximum Gasteiger partial charge on any atom is 0.231 e. The Bertz CT molecular complexity index is 540. The van der Waals surface area contributed by atoms with Crippen LogP contribution in [0.1, 0.15) is 24.4 Å². The molecule has 4 N–H and O–H groups in total. The summed E-state index contributed by atoms with van der Waals surface area (Å²) in [5.41, 5.74) is 1.09. The van der Waals surface area contributed by atoms with E-state index in [4.69, 9.17) is 9.47 Å². The number of aromatic nitrogens is 1. The van der Waals surface area contributed by atoms with E-state index in [2.05, 4.69) is 16.9 Å². The smallest absolute Gasteiger partial charge is 0.231 e. The molecule has 8 heteroatoms. The Balaban J connectivity index is 1.67. The molecule has 0 aromatic carbocycles. The molecular weight excluding hydrogens is 316 g/mol. The van der Waals surface area contributed by atoms with Crippen LogP contribution in [0.2, 0.25) is 0 Å². The highest BCUT2D eigenvalue weighted by Crippen LogP contribution is 2.31. The molecule has 3 rings (SSSR count). The summed E-state index contributed by atoms with van der Waals surface area (Å²) in [6.07, 6.45) is -2.55. The van der Waals surface area contributed by atoms with Gasteiger partial charge in [0.1, 0.15) is 24.4 Å². The number of ether oxygens (including phenoxy) is 2. The molecule has 0 unspecified atom stereocenters. The van der Waals surface area contributed by atoms with Crippen molar-refractivity contribution in [1.82, 2.24) is 9.88 Å². The first-order valence-corrected chi connectivity index (χ1v) is 8.14. The van der Waals surface area contributed by atoms with E-state index >= 15 is 0 Å². The summed E-state index contributed by atoms with van der Waals surface area (Å²) in [4.78, 5) is 6.51. The lowest BCUT2D eigenvalue weighted by atomic mass is 9.99. The molecular formula is C16H24N2O6. The maximum absolute atomic E-state index is 9.97. The van der Waals surface area contributed by atoms with Crippen LogP contribution in [0.4, 0.5) is 0 Å². The first-order valence-electron chi connectivity index (χ1n) is 8.14. The van der Waals surface area contributed by atoms with Crippen LogP contribution in [0.15, 0.2) is 18.3 Å². The van der Waals surface area contributed by atoms with Crippen molar-refractivity contribution in [3.05, 3.63) is 23.9 Å². The lowest BCUT2D eigenvalue weighted by Gasteiger charge is -2.39. The second-order valence-electron chi connectivity index (χ2n) is 6.38. The number of likely N-dealkylation sites (tertiary alicyclic amines) is 1. The summed E-state index contributed by atoms with van der Waals surface area (Å²) in [5.74, 6) is 0.240. The van der Waals surface area contributed by atoms with Gasteiger partial charge in [-0.2, -0.15) is 0 Å². The van der Waals surface area contributed by atoms with Gasteiger partial charge in [-0.25, -0.2) is 4.98 Å². The van der Waals surface area contributed by atoms with Crippen molar-refractivity contribution in [2.24, 2.45) is 0 Å². The molecule has 3 heterocycles. The molecule has 0 bridgehead atoms. The van der Waals surface area contributed by atoms with E-state index in [1.165, 1.54) is 0 Å². The van der Waals surface area contributed by atoms with Gasteiger partial charge in [-0.1, -0.05) is 6.07 Å². The largest absolute Gasteiger partial charge is 0.445 e. The molecule has 1 aromatic rings. The highest BCUT2D eigenvalue weighted by molar-refractivity contribution is 5.22. The maximum atomic E-state index is 9.97. The molecule has 0 saturated carbocycles. The Hall–Kier alpha value is -1.29. The summed E-state index contributed by atoms with van der Waals surface area (Å²) in [6.45, 7) is 0.568. The minimum absolute atomic E-state index is 0.240. The highest BCUT2D eigenvalue weighted by Gasteiger charge is 2.44. The lowest BCUT2D eigenvalue weighted by Crippen LogP contribution is -2.60. The van der Waals surface area contributed by atoms with E-state index in [9.17, 15) is 20.4 Å². The van der Waals surface area contributed by atoms with Gasteiger partial charge < -0.3 is 29.9 Å². The molecule has 8 nitrogen and oxygen atoms in total. The van der Waals surface area contributed by atoms with Crippen LogP contribution in [-0.2, 0) is 4.74 Å². The Morgan fingerprint density at radius 3 is 2.62 bits per heavy atom. The summed E-state index contributed by atoms with van der Waals surface area (Å²) in [5, 5.41) is 38.7. The monoisotopic (exact) mass is 340 g/mol. The van der Waals surface area contributed by atoms with Gasteiger partial charge in [-0.15, -0.1) is 0 Å². The van der Waals surface area contributed by atoms with E-state index in [-0.39, 0.29) is 5.88 Å². The van der Waals surface area contributed by atoms with Crippen LogP contribution in [-0.4, -0.2) is 81.2 Å². The molecule has 2 saturated heterocycles. The molecule has 0 amide bonds. The average Bonchev–Trinajstić information content (AvgIpc) is 3.02. The molecule has 24 heavy (non-hydrogen) atoms. The van der Waals surface area contributed by atoms with E-state index in [0.29, 0.717) is 6.04 Å². The first-order chi connectivity index (χ1) is 11.5. The molecule has 0 spiro atoms. The predicted octanol–water partition coefficient (Wildman–Crippen LogP) is -0.973. The van der Waals surface area contributed by atoms with Gasteiger partial charge in [0.25, 0.3) is 0 Å². The van der Waals surface area contributed by atoms with Crippen LogP contribution in [0.25, 0.3) is 0 Å². The summed E-state index contributed by atoms with van der Waals surface area (Å²) in [7, 11) is 2.08. The van der Waals surface area contributed by atoms with Gasteiger partial charge in [-0.05, 0) is 32.0 Å². The van der Waals surface area contributed by atoms with Gasteiger partial charge in [0.05, 0.1) is 6.61 Å². The normalized spacial score (nSPS) is 37.5. The third-order valence-electron chi connectivity index (χ3n) is 4.75. The van der Waals surface area contributed by atoms with Crippen molar-refractivity contribution < 1.29 is 29.9 Å². The fourth-order valence-electron chi connectivity index (χ4n) is 3.27. The molecule has 0 radical (unpaired) electrons. The number of aliphatic hydroxyl groups is 4. The highest BCUT2D eigenvalue weighted by atomic mass is 16.7. The first kappa shape index (κ1) is 17.5. The molecule has 2 aliphatic rings. The van der Waals surface area contributed by atoms with Gasteiger partial charge in [0.15, 0.2) is 0 Å². The van der Waals surface area contributed by atoms with E-state index in [1.807, 2.05) is 6.07 Å². The zero-order chi connectivity index (χ0) is 17.3. The molecule has 6 atom stereocenters. The third-order valence-corrected chi connectivity index (χ3v) is 4.75. The van der Waals surface area contributed by atoms with Crippen LogP contribution in [0, 0.1) is 0 Å². The second-order valence-corrected chi connectivity index (χ2v) is 6.38. The number of hydrogen-bond acceptors (Lipinski definition) is 8. The van der Waals surface area contributed by atoms with Crippen molar-refractivity contribution in [2.45, 2.75) is 49.6 Å². The Morgan fingerprint density at radius 1 is 1.25 bits per heavy atom. The van der Waals surface area contributed by atoms with Crippen LogP contribution in [0.3, 0.4) is 0 Å². The quantitative estimate of drug-likeness (QED) is 0.553. The number of rotatable bonds is 4. The molecule has 134 valence electrons. The van der Waals surface area contributed by atoms with Crippen LogP contribution < -0.4 is 4.74 Å². The van der Waals surface area contributed by atoms with Gasteiger partial charge in [-0.3, -0.25) is 4.90 Å². The second kappa shape index (κ2) is 7.30. The summed E-state index contributed by atoms with van der Waals surface area (Å²) in [6, 6.07) is 3.95. The van der Waals surface area contributed by atoms with Gasteiger partial charge in [0.2, 0.25) is 12.2 Å². The Kier molecular flexibility index (Phi) is 5.33. The predicted molar refractivity (Wildman–Crippen MR) is 83.2 cm³/mol. The minimum atomic E-state index is -1.47. The number of pyridine rings is 1. The van der Waals surface area contributed by atoms with Crippen molar-refractivity contribution >= 4 is 0 Å². The lowest BCUT2D eigenvalue weighted by molar-refractivity contribution is -0.278. The number of nitrogens with zero attached hydrogens (tertiary/aromatic N) is 2. The van der Waals surface area contributed by atoms with Gasteiger partial charge in [0, 0.05) is 18.3 Å². The van der Waals surface area contributed by atoms with Crippen molar-refractivity contribution in [3.63, 3.8) is 0 Å². The zero-order valence-corrected chi connectivity index (χ0v) is 13.5. The fraction of sp³-hybridized carbons (Fsp3) is 0.688. The summed E-state index contributed by atoms with van der Waals surface area (Å²) >= 11 is 0. The van der Waals surface area contributed by atoms with Crippen molar-refractivity contribution in [2.75, 3.05) is 20.2 Å². The molecule has 2 fully saturated rings. The number of hydrogen-bond donors (Lipinski definition) is 4. The Labute approximate surface area is 140 Å². The number of aliphatic hydroxyl groups excluding tert-OH is 4. The average molecular weight is 340 g/mol. The zero-order valence-electron chi connectivity index (χ0n) is 13.5. The topological polar surface area (TPSA) is 116 Å². The van der Waals surface area contributed by atoms with Crippen LogP contribution in [0.5, 0.6) is 5.88 Å². The molecule has 1 aromatic heterocycles. The standard InChI is InChI=1S/C16H24N2O6/c1-18-6-2-3-10(18)9-4-5-12(17-7-9)24-16-15(22)14(21)13(20)11(8-19)23-16/h4-5,7,10-11,13-16,19-22H,2-3,6,8H2,1H3/t10-,11+,13+,14-,15+,16-/m0/s1. The van der Waals surface area contributed by atoms with E-state index in [1.54, 1.807) is 12.3 Å². The van der Waals surface area contributed by atoms with E-state index in [0.717, 1.165) is 24.9 Å². The van der Waals surface area contributed by atoms with Crippen molar-refractivity contribution in [3.8, 4) is 5.88 Å². The SMILES string of the molecule is CN1CCC[C@H]1c1ccc(O[C@@H]2O[C@H](CO)[C@@H](O)[C@H](O)[C@H]2O)nc1. The molecule has 2 aliphatic heterocycles. The van der Waals surface area contributed by atoms with Gasteiger partial charge >= 0.3 is 0 Å². The van der Waals surface area contributed by atoms with Crippen LogP contribution >= 0.6 is 0 Å². The third kappa shape index (κ3) is 3.39. The minimum Gasteiger partial charge on any atom is -0.445 e. The van der Waals surface area contributed by atoms with Crippen molar-refractivity contribution in [1.29, 1.82) is 0 Å². The molecule has 0 aliphatic carbocycles. The fourth-order valence-corrected chi connectivity index (χ4v) is 3.27. The summed E-state index contributed by atoms with van der Waals surface area (Å²) < 4.78 is 10.8. The van der Waals surface area contributed by atoms with E-state index < -0.39 is 37.3 Å².